The van der Waals surface area contributed by atoms with Crippen LogP contribution in [0.3, 0.4) is 0 Å². The number of hydrogen-bond acceptors (Lipinski definition) is 6. The van der Waals surface area contributed by atoms with Crippen LogP contribution >= 0.6 is 0 Å². The average Bonchev–Trinajstić information content (AvgIpc) is 3.03. The number of piperidine rings is 1. The SMILES string of the molecule is COc1ccc(C(=O)N2CCC3(CC2)CC(CN2CCOCC2)OC3=O)c(F)c1. The quantitative estimate of drug-likeness (QED) is 0.709. The van der Waals surface area contributed by atoms with Crippen molar-refractivity contribution in [3.8, 4) is 5.75 Å². The molecule has 0 aromatic heterocycles. The van der Waals surface area contributed by atoms with Gasteiger partial charge in [-0.3, -0.25) is 14.5 Å². The van der Waals surface area contributed by atoms with Crippen molar-refractivity contribution in [2.75, 3.05) is 53.0 Å². The second-order valence-corrected chi connectivity index (χ2v) is 8.06. The molecule has 3 aliphatic rings. The predicted octanol–water partition coefficient (Wildman–Crippen LogP) is 1.70. The van der Waals surface area contributed by atoms with Crippen molar-refractivity contribution >= 4 is 11.9 Å². The predicted molar refractivity (Wildman–Crippen MR) is 102 cm³/mol. The Kier molecular flexibility index (Phi) is 5.74. The standard InChI is InChI=1S/C21H27FN2O5/c1-27-15-2-3-17(18(22)12-15)19(25)24-6-4-21(5-7-24)13-16(29-20(21)26)14-23-8-10-28-11-9-23/h2-3,12,16H,4-11,13-14H2,1H3. The molecule has 1 unspecified atom stereocenters. The Labute approximate surface area is 169 Å². The lowest BCUT2D eigenvalue weighted by Crippen LogP contribution is -2.45. The van der Waals surface area contributed by atoms with E-state index in [2.05, 4.69) is 4.90 Å². The highest BCUT2D eigenvalue weighted by Crippen LogP contribution is 2.43. The molecule has 0 radical (unpaired) electrons. The topological polar surface area (TPSA) is 68.3 Å². The van der Waals surface area contributed by atoms with E-state index < -0.39 is 11.2 Å². The summed E-state index contributed by atoms with van der Waals surface area (Å²) in [6.45, 7) is 4.72. The lowest BCUT2D eigenvalue weighted by molar-refractivity contribution is -0.151. The number of ether oxygens (including phenoxy) is 3. The summed E-state index contributed by atoms with van der Waals surface area (Å²) in [5, 5.41) is 0. The molecule has 1 aromatic carbocycles. The second-order valence-electron chi connectivity index (χ2n) is 8.06. The van der Waals surface area contributed by atoms with E-state index in [1.54, 1.807) is 11.0 Å². The van der Waals surface area contributed by atoms with Gasteiger partial charge in [0.15, 0.2) is 0 Å². The second kappa shape index (κ2) is 8.28. The minimum Gasteiger partial charge on any atom is -0.497 e. The van der Waals surface area contributed by atoms with Gasteiger partial charge in [-0.1, -0.05) is 0 Å². The molecule has 1 aromatic rings. The third kappa shape index (κ3) is 4.09. The van der Waals surface area contributed by atoms with Crippen molar-refractivity contribution < 1.29 is 28.2 Å². The first-order valence-corrected chi connectivity index (χ1v) is 10.1. The zero-order valence-corrected chi connectivity index (χ0v) is 16.7. The lowest BCUT2D eigenvalue weighted by atomic mass is 9.76. The number of carbonyl (C=O) groups excluding carboxylic acids is 2. The molecule has 8 heteroatoms. The summed E-state index contributed by atoms with van der Waals surface area (Å²) >= 11 is 0. The van der Waals surface area contributed by atoms with Crippen molar-refractivity contribution in [1.29, 1.82) is 0 Å². The highest BCUT2D eigenvalue weighted by molar-refractivity contribution is 5.95. The number of hydrogen-bond donors (Lipinski definition) is 0. The van der Waals surface area contributed by atoms with Gasteiger partial charge in [-0.15, -0.1) is 0 Å². The van der Waals surface area contributed by atoms with Crippen LogP contribution in [-0.4, -0.2) is 80.8 Å². The van der Waals surface area contributed by atoms with E-state index in [0.717, 1.165) is 19.6 Å². The van der Waals surface area contributed by atoms with Crippen LogP contribution in [0.2, 0.25) is 0 Å². The van der Waals surface area contributed by atoms with Crippen LogP contribution in [0.4, 0.5) is 4.39 Å². The molecule has 3 heterocycles. The number of amides is 1. The molecule has 0 saturated carbocycles. The Morgan fingerprint density at radius 1 is 1.24 bits per heavy atom. The van der Waals surface area contributed by atoms with Crippen molar-refractivity contribution in [2.45, 2.75) is 25.4 Å². The number of rotatable bonds is 4. The van der Waals surface area contributed by atoms with Crippen molar-refractivity contribution in [3.05, 3.63) is 29.6 Å². The third-order valence-electron chi connectivity index (χ3n) is 6.31. The summed E-state index contributed by atoms with van der Waals surface area (Å²) in [6.07, 6.45) is 1.67. The minimum atomic E-state index is -0.597. The Hall–Kier alpha value is -2.19. The van der Waals surface area contributed by atoms with Gasteiger partial charge in [0.2, 0.25) is 0 Å². The van der Waals surface area contributed by atoms with Crippen LogP contribution in [-0.2, 0) is 14.3 Å². The highest BCUT2D eigenvalue weighted by atomic mass is 19.1. The van der Waals surface area contributed by atoms with Crippen LogP contribution in [0.5, 0.6) is 5.75 Å². The highest BCUT2D eigenvalue weighted by Gasteiger charge is 2.51. The van der Waals surface area contributed by atoms with Crippen LogP contribution in [0.15, 0.2) is 18.2 Å². The van der Waals surface area contributed by atoms with Gasteiger partial charge in [0.1, 0.15) is 17.7 Å². The smallest absolute Gasteiger partial charge is 0.312 e. The summed E-state index contributed by atoms with van der Waals surface area (Å²) < 4.78 is 30.3. The summed E-state index contributed by atoms with van der Waals surface area (Å²) in [5.74, 6) is -0.730. The maximum Gasteiger partial charge on any atom is 0.312 e. The Bertz CT molecular complexity index is 772. The largest absolute Gasteiger partial charge is 0.497 e. The van der Waals surface area contributed by atoms with E-state index >= 15 is 0 Å². The van der Waals surface area contributed by atoms with Gasteiger partial charge in [0, 0.05) is 45.2 Å². The van der Waals surface area contributed by atoms with Gasteiger partial charge < -0.3 is 19.1 Å². The van der Waals surface area contributed by atoms with Crippen LogP contribution < -0.4 is 4.74 Å². The molecular formula is C21H27FN2O5. The van der Waals surface area contributed by atoms with Gasteiger partial charge >= 0.3 is 5.97 Å². The molecule has 0 N–H and O–H groups in total. The third-order valence-corrected chi connectivity index (χ3v) is 6.31. The normalized spacial score (nSPS) is 24.6. The summed E-state index contributed by atoms with van der Waals surface area (Å²) in [7, 11) is 1.45. The fraction of sp³-hybridized carbons (Fsp3) is 0.619. The van der Waals surface area contributed by atoms with E-state index in [1.807, 2.05) is 0 Å². The van der Waals surface area contributed by atoms with E-state index in [0.29, 0.717) is 51.3 Å². The molecule has 4 rings (SSSR count). The van der Waals surface area contributed by atoms with E-state index in [-0.39, 0.29) is 23.5 Å². The molecule has 1 spiro atoms. The number of likely N-dealkylation sites (tertiary alicyclic amines) is 1. The van der Waals surface area contributed by atoms with Crippen molar-refractivity contribution in [2.24, 2.45) is 5.41 Å². The molecular weight excluding hydrogens is 379 g/mol. The number of halogens is 1. The zero-order chi connectivity index (χ0) is 20.4. The number of morpholine rings is 1. The summed E-state index contributed by atoms with van der Waals surface area (Å²) in [6, 6.07) is 4.23. The van der Waals surface area contributed by atoms with Gasteiger partial charge in [-0.2, -0.15) is 0 Å². The van der Waals surface area contributed by atoms with Crippen molar-refractivity contribution in [1.82, 2.24) is 9.80 Å². The molecule has 1 amide bonds. The van der Waals surface area contributed by atoms with Gasteiger partial charge in [0.05, 0.1) is 31.3 Å². The molecule has 0 bridgehead atoms. The number of carbonyl (C=O) groups is 2. The number of nitrogens with zero attached hydrogens (tertiary/aromatic N) is 2. The van der Waals surface area contributed by atoms with Gasteiger partial charge in [0.25, 0.3) is 5.91 Å². The number of benzene rings is 1. The molecule has 29 heavy (non-hydrogen) atoms. The Morgan fingerprint density at radius 3 is 2.62 bits per heavy atom. The zero-order valence-electron chi connectivity index (χ0n) is 16.7. The lowest BCUT2D eigenvalue weighted by Gasteiger charge is -2.36. The maximum atomic E-state index is 14.3. The number of cyclic esters (lactones) is 1. The van der Waals surface area contributed by atoms with E-state index in [1.165, 1.54) is 19.2 Å². The van der Waals surface area contributed by atoms with Gasteiger partial charge in [-0.25, -0.2) is 4.39 Å². The monoisotopic (exact) mass is 406 g/mol. The van der Waals surface area contributed by atoms with E-state index in [9.17, 15) is 14.0 Å². The average molecular weight is 406 g/mol. The fourth-order valence-corrected chi connectivity index (χ4v) is 4.52. The van der Waals surface area contributed by atoms with Crippen molar-refractivity contribution in [3.63, 3.8) is 0 Å². The maximum absolute atomic E-state index is 14.3. The minimum absolute atomic E-state index is 0.0287. The molecule has 1 atom stereocenters. The summed E-state index contributed by atoms with van der Waals surface area (Å²) in [4.78, 5) is 29.3. The number of methoxy groups -OCH3 is 1. The van der Waals surface area contributed by atoms with Crippen LogP contribution in [0, 0.1) is 11.2 Å². The Morgan fingerprint density at radius 2 is 1.97 bits per heavy atom. The molecule has 3 aliphatic heterocycles. The molecule has 158 valence electrons. The summed E-state index contributed by atoms with van der Waals surface area (Å²) in [5.41, 5.74) is -0.493. The molecule has 3 saturated heterocycles. The Balaban J connectivity index is 1.36. The van der Waals surface area contributed by atoms with E-state index in [4.69, 9.17) is 14.2 Å². The first-order valence-electron chi connectivity index (χ1n) is 10.1. The van der Waals surface area contributed by atoms with Crippen LogP contribution in [0.25, 0.3) is 0 Å². The van der Waals surface area contributed by atoms with Crippen LogP contribution in [0.1, 0.15) is 29.6 Å². The first-order chi connectivity index (χ1) is 14.0. The number of esters is 1. The van der Waals surface area contributed by atoms with Gasteiger partial charge in [-0.05, 0) is 25.0 Å². The molecule has 7 nitrogen and oxygen atoms in total. The first kappa shape index (κ1) is 20.1. The molecule has 3 fully saturated rings. The fourth-order valence-electron chi connectivity index (χ4n) is 4.52. The molecule has 0 aliphatic carbocycles.